The summed E-state index contributed by atoms with van der Waals surface area (Å²) in [6.45, 7) is 5.94. The molecule has 106 valence electrons. The third kappa shape index (κ3) is 3.32. The number of urea groups is 1. The molecule has 5 nitrogen and oxygen atoms in total. The second kappa shape index (κ2) is 5.69. The van der Waals surface area contributed by atoms with Gasteiger partial charge < -0.3 is 20.8 Å². The van der Waals surface area contributed by atoms with Crippen molar-refractivity contribution in [3.63, 3.8) is 0 Å². The summed E-state index contributed by atoms with van der Waals surface area (Å²) in [6.07, 6.45) is 0. The molecule has 0 aliphatic heterocycles. The smallest absolute Gasteiger partial charge is 0.316 e. The summed E-state index contributed by atoms with van der Waals surface area (Å²) >= 11 is 0. The maximum atomic E-state index is 10.8. The Bertz CT molecular complexity index is 619. The summed E-state index contributed by atoms with van der Waals surface area (Å²) in [5.74, 6) is 1.81. The molecule has 20 heavy (non-hydrogen) atoms. The van der Waals surface area contributed by atoms with Crippen molar-refractivity contribution in [3.05, 3.63) is 47.4 Å². The molecule has 0 bridgehead atoms. The zero-order valence-corrected chi connectivity index (χ0v) is 11.9. The van der Waals surface area contributed by atoms with E-state index in [-0.39, 0.29) is 6.04 Å². The van der Waals surface area contributed by atoms with Crippen molar-refractivity contribution >= 4 is 17.4 Å². The molecule has 0 radical (unpaired) electrons. The highest BCUT2D eigenvalue weighted by atomic mass is 16.3. The second-order valence-electron chi connectivity index (χ2n) is 4.80. The molecule has 2 aromatic rings. The van der Waals surface area contributed by atoms with E-state index in [2.05, 4.69) is 17.6 Å². The Labute approximate surface area is 118 Å². The van der Waals surface area contributed by atoms with Gasteiger partial charge in [0, 0.05) is 16.9 Å². The molecule has 0 aliphatic carbocycles. The maximum Gasteiger partial charge on any atom is 0.316 e. The van der Waals surface area contributed by atoms with Gasteiger partial charge in [0.25, 0.3) is 0 Å². The largest absolute Gasteiger partial charge is 0.466 e. The van der Waals surface area contributed by atoms with Gasteiger partial charge in [0.15, 0.2) is 0 Å². The van der Waals surface area contributed by atoms with E-state index in [1.54, 1.807) is 6.07 Å². The lowest BCUT2D eigenvalue weighted by molar-refractivity contribution is 0.259. The third-order valence-corrected chi connectivity index (χ3v) is 3.06. The van der Waals surface area contributed by atoms with Crippen LogP contribution in [0, 0.1) is 13.8 Å². The van der Waals surface area contributed by atoms with Crippen LogP contribution in [0.15, 0.2) is 34.7 Å². The molecule has 1 unspecified atom stereocenters. The van der Waals surface area contributed by atoms with E-state index >= 15 is 0 Å². The average molecular weight is 273 g/mol. The fraction of sp³-hybridized carbons (Fsp3) is 0.267. The molecular weight excluding hydrogens is 254 g/mol. The number of hydrogen-bond donors (Lipinski definition) is 3. The minimum absolute atomic E-state index is 0.108. The number of primary amides is 1. The minimum Gasteiger partial charge on any atom is -0.466 e. The number of carbonyl (C=O) groups is 1. The van der Waals surface area contributed by atoms with Crippen LogP contribution in [0.4, 0.5) is 16.2 Å². The van der Waals surface area contributed by atoms with Crippen molar-refractivity contribution < 1.29 is 9.21 Å². The number of anilines is 2. The van der Waals surface area contributed by atoms with Crippen LogP contribution in [-0.4, -0.2) is 6.03 Å². The Balaban J connectivity index is 2.13. The van der Waals surface area contributed by atoms with Gasteiger partial charge in [-0.2, -0.15) is 0 Å². The highest BCUT2D eigenvalue weighted by Gasteiger charge is 2.12. The normalized spacial score (nSPS) is 11.9. The molecular formula is C15H19N3O2. The van der Waals surface area contributed by atoms with Crippen LogP contribution in [0.25, 0.3) is 0 Å². The van der Waals surface area contributed by atoms with Crippen molar-refractivity contribution in [3.8, 4) is 0 Å². The molecule has 0 fully saturated rings. The van der Waals surface area contributed by atoms with Gasteiger partial charge in [-0.25, -0.2) is 4.79 Å². The molecule has 0 saturated heterocycles. The lowest BCUT2D eigenvalue weighted by Gasteiger charge is -2.15. The van der Waals surface area contributed by atoms with Crippen LogP contribution in [-0.2, 0) is 0 Å². The van der Waals surface area contributed by atoms with Gasteiger partial charge in [0.1, 0.15) is 11.5 Å². The third-order valence-electron chi connectivity index (χ3n) is 3.06. The van der Waals surface area contributed by atoms with E-state index < -0.39 is 6.03 Å². The Hall–Kier alpha value is -2.43. The topological polar surface area (TPSA) is 80.3 Å². The van der Waals surface area contributed by atoms with E-state index in [4.69, 9.17) is 10.2 Å². The molecule has 1 aromatic heterocycles. The van der Waals surface area contributed by atoms with E-state index in [9.17, 15) is 4.79 Å². The van der Waals surface area contributed by atoms with Crippen LogP contribution in [0.3, 0.4) is 0 Å². The number of amides is 2. The molecule has 5 heteroatoms. The fourth-order valence-corrected chi connectivity index (χ4v) is 2.24. The van der Waals surface area contributed by atoms with E-state index in [0.29, 0.717) is 5.69 Å². The first-order chi connectivity index (χ1) is 9.45. The van der Waals surface area contributed by atoms with Crippen LogP contribution < -0.4 is 16.4 Å². The van der Waals surface area contributed by atoms with Crippen molar-refractivity contribution in [2.45, 2.75) is 26.8 Å². The number of furan rings is 1. The standard InChI is InChI=1S/C15H19N3O2/c1-9-7-14(11(3)20-9)10(2)17-12-5-4-6-13(8-12)18-15(16)19/h4-8,10,17H,1-3H3,(H3,16,18,19). The first kappa shape index (κ1) is 14.0. The number of rotatable bonds is 4. The van der Waals surface area contributed by atoms with Crippen molar-refractivity contribution in [1.82, 2.24) is 0 Å². The molecule has 2 rings (SSSR count). The number of carbonyl (C=O) groups excluding carboxylic acids is 1. The van der Waals surface area contributed by atoms with Crippen molar-refractivity contribution in [2.24, 2.45) is 5.73 Å². The number of nitrogens with two attached hydrogens (primary N) is 1. The van der Waals surface area contributed by atoms with Crippen LogP contribution in [0.1, 0.15) is 30.0 Å². The van der Waals surface area contributed by atoms with Crippen molar-refractivity contribution in [2.75, 3.05) is 10.6 Å². The molecule has 1 heterocycles. The minimum atomic E-state index is -0.573. The summed E-state index contributed by atoms with van der Waals surface area (Å²) in [7, 11) is 0. The van der Waals surface area contributed by atoms with Crippen LogP contribution in [0.2, 0.25) is 0 Å². The first-order valence-electron chi connectivity index (χ1n) is 6.45. The lowest BCUT2D eigenvalue weighted by Crippen LogP contribution is -2.19. The van der Waals surface area contributed by atoms with Gasteiger partial charge in [0.2, 0.25) is 0 Å². The Kier molecular flexibility index (Phi) is 3.98. The van der Waals surface area contributed by atoms with Crippen LogP contribution >= 0.6 is 0 Å². The highest BCUT2D eigenvalue weighted by molar-refractivity contribution is 5.88. The summed E-state index contributed by atoms with van der Waals surface area (Å²) in [4.78, 5) is 10.8. The zero-order chi connectivity index (χ0) is 14.7. The molecule has 1 aromatic carbocycles. The molecule has 2 amide bonds. The lowest BCUT2D eigenvalue weighted by atomic mass is 10.1. The van der Waals surface area contributed by atoms with E-state index in [1.807, 2.05) is 38.1 Å². The first-order valence-corrected chi connectivity index (χ1v) is 6.45. The van der Waals surface area contributed by atoms with Gasteiger partial charge in [-0.15, -0.1) is 0 Å². The summed E-state index contributed by atoms with van der Waals surface area (Å²) in [5, 5.41) is 5.93. The van der Waals surface area contributed by atoms with Gasteiger partial charge in [-0.3, -0.25) is 0 Å². The Morgan fingerprint density at radius 2 is 1.95 bits per heavy atom. The number of nitrogens with one attached hydrogen (secondary N) is 2. The van der Waals surface area contributed by atoms with Gasteiger partial charge in [-0.05, 0) is 45.0 Å². The Morgan fingerprint density at radius 1 is 1.25 bits per heavy atom. The average Bonchev–Trinajstić information content (AvgIpc) is 2.68. The fourth-order valence-electron chi connectivity index (χ4n) is 2.24. The molecule has 0 saturated carbocycles. The quantitative estimate of drug-likeness (QED) is 0.796. The number of benzene rings is 1. The summed E-state index contributed by atoms with van der Waals surface area (Å²) in [6, 6.07) is 8.97. The maximum absolute atomic E-state index is 10.8. The number of hydrogen-bond acceptors (Lipinski definition) is 3. The zero-order valence-electron chi connectivity index (χ0n) is 11.9. The SMILES string of the molecule is Cc1cc(C(C)Nc2cccc(NC(N)=O)c2)c(C)o1. The Morgan fingerprint density at radius 3 is 2.55 bits per heavy atom. The molecule has 0 spiro atoms. The van der Waals surface area contributed by atoms with Crippen molar-refractivity contribution in [1.29, 1.82) is 0 Å². The van der Waals surface area contributed by atoms with Gasteiger partial charge in [0.05, 0.1) is 6.04 Å². The van der Waals surface area contributed by atoms with E-state index in [0.717, 1.165) is 22.8 Å². The predicted octanol–water partition coefficient (Wildman–Crippen LogP) is 3.56. The summed E-state index contributed by atoms with van der Waals surface area (Å²) in [5.41, 5.74) is 7.79. The van der Waals surface area contributed by atoms with Gasteiger partial charge in [-0.1, -0.05) is 6.07 Å². The predicted molar refractivity (Wildman–Crippen MR) is 79.9 cm³/mol. The van der Waals surface area contributed by atoms with E-state index in [1.165, 1.54) is 0 Å². The molecule has 0 aliphatic rings. The van der Waals surface area contributed by atoms with Gasteiger partial charge >= 0.3 is 6.03 Å². The monoisotopic (exact) mass is 273 g/mol. The summed E-state index contributed by atoms with van der Waals surface area (Å²) < 4.78 is 5.54. The van der Waals surface area contributed by atoms with Crippen LogP contribution in [0.5, 0.6) is 0 Å². The molecule has 1 atom stereocenters. The number of aryl methyl sites for hydroxylation is 2. The second-order valence-corrected chi connectivity index (χ2v) is 4.80. The highest BCUT2D eigenvalue weighted by Crippen LogP contribution is 2.25. The molecule has 4 N–H and O–H groups in total.